The zero-order valence-electron chi connectivity index (χ0n) is 25.8. The first-order valence-corrected chi connectivity index (χ1v) is 17.2. The van der Waals surface area contributed by atoms with Gasteiger partial charge in [-0.3, -0.25) is 4.90 Å². The fraction of sp³-hybridized carbons (Fsp3) is 0.438. The van der Waals surface area contributed by atoms with Gasteiger partial charge in [-0.05, 0) is 51.4 Å². The first-order valence-electron chi connectivity index (χ1n) is 15.2. The smallest absolute Gasteiger partial charge is 0.238 e. The number of benzene rings is 2. The average Bonchev–Trinajstić information content (AvgIpc) is 3.43. The van der Waals surface area contributed by atoms with Gasteiger partial charge < -0.3 is 19.9 Å². The minimum Gasteiger partial charge on any atom is -0.494 e. The van der Waals surface area contributed by atoms with Gasteiger partial charge in [-0.1, -0.05) is 29.8 Å². The Morgan fingerprint density at radius 1 is 1.07 bits per heavy atom. The number of nitrogens with one attached hydrogen (secondary N) is 1. The number of ether oxygens (including phenoxy) is 1. The fourth-order valence-corrected chi connectivity index (χ4v) is 7.58. The van der Waals surface area contributed by atoms with Crippen LogP contribution in [0.5, 0.6) is 5.75 Å². The van der Waals surface area contributed by atoms with E-state index in [2.05, 4.69) is 51.1 Å². The van der Waals surface area contributed by atoms with Crippen molar-refractivity contribution in [3.05, 3.63) is 59.4 Å². The molecule has 6 rings (SSSR count). The van der Waals surface area contributed by atoms with E-state index in [9.17, 15) is 8.42 Å². The highest BCUT2D eigenvalue weighted by atomic mass is 35.5. The van der Waals surface area contributed by atoms with E-state index in [1.54, 1.807) is 26.3 Å². The maximum Gasteiger partial charge on any atom is 0.238 e. The maximum atomic E-state index is 12.9. The SMILES string of the molecule is CCS(=O)(=O)n1cc(-c2nc(Nc3cc(C)c(N4CCC(N5CCN(C)CC5)CC4)cc3OC)ncc2Cl)c2ccccc21. The lowest BCUT2D eigenvalue weighted by Gasteiger charge is -2.43. The normalized spacial score (nSPS) is 17.3. The number of aryl methyl sites for hydroxylation is 1. The van der Waals surface area contributed by atoms with Gasteiger partial charge in [0.2, 0.25) is 16.0 Å². The van der Waals surface area contributed by atoms with Crippen molar-refractivity contribution in [3.63, 3.8) is 0 Å². The van der Waals surface area contributed by atoms with E-state index in [0.717, 1.165) is 68.7 Å². The Hall–Kier alpha value is -3.38. The van der Waals surface area contributed by atoms with Gasteiger partial charge in [0, 0.05) is 74.2 Å². The van der Waals surface area contributed by atoms with Gasteiger partial charge in [0.15, 0.2) is 0 Å². The van der Waals surface area contributed by atoms with Crippen molar-refractivity contribution in [2.24, 2.45) is 0 Å². The van der Waals surface area contributed by atoms with Crippen molar-refractivity contribution in [2.75, 3.05) is 69.4 Å². The second-order valence-electron chi connectivity index (χ2n) is 11.7. The summed E-state index contributed by atoms with van der Waals surface area (Å²) in [5.74, 6) is 0.995. The highest BCUT2D eigenvalue weighted by Crippen LogP contribution is 2.38. The molecule has 2 aliphatic rings. The third kappa shape index (κ3) is 5.98. The summed E-state index contributed by atoms with van der Waals surface area (Å²) < 4.78 is 32.9. The standard InChI is InChI=1S/C32H40ClN7O3S/c1-5-44(41,42)40-21-25(24-8-6-7-9-28(24)40)31-26(33)20-34-32(36-31)35-27-18-22(2)29(19-30(27)43-4)39-12-10-23(11-13-39)38-16-14-37(3)15-17-38/h6-9,18-21,23H,5,10-17H2,1-4H3,(H,34,35,36). The van der Waals surface area contributed by atoms with Crippen LogP contribution in [0.4, 0.5) is 17.3 Å². The van der Waals surface area contributed by atoms with Crippen molar-refractivity contribution in [3.8, 4) is 17.0 Å². The fourth-order valence-electron chi connectivity index (χ4n) is 6.39. The molecule has 0 spiro atoms. The van der Waals surface area contributed by atoms with Gasteiger partial charge >= 0.3 is 0 Å². The molecule has 234 valence electrons. The predicted octanol–water partition coefficient (Wildman–Crippen LogP) is 5.23. The molecule has 10 nitrogen and oxygen atoms in total. The lowest BCUT2D eigenvalue weighted by molar-refractivity contribution is 0.0982. The zero-order valence-corrected chi connectivity index (χ0v) is 27.3. The van der Waals surface area contributed by atoms with E-state index in [-0.39, 0.29) is 5.75 Å². The molecular weight excluding hydrogens is 598 g/mol. The second kappa shape index (κ2) is 12.5. The van der Waals surface area contributed by atoms with Crippen molar-refractivity contribution >= 4 is 49.9 Å². The van der Waals surface area contributed by atoms with Gasteiger partial charge in [-0.25, -0.2) is 22.4 Å². The number of likely N-dealkylation sites (N-methyl/N-ethyl adjacent to an activating group) is 1. The van der Waals surface area contributed by atoms with Gasteiger partial charge in [-0.2, -0.15) is 0 Å². The highest BCUT2D eigenvalue weighted by Gasteiger charge is 2.28. The van der Waals surface area contributed by atoms with Gasteiger partial charge in [0.25, 0.3) is 0 Å². The molecule has 2 fully saturated rings. The van der Waals surface area contributed by atoms with Crippen LogP contribution in [0.2, 0.25) is 5.02 Å². The average molecular weight is 638 g/mol. The minimum absolute atomic E-state index is 0.0289. The molecule has 0 saturated carbocycles. The van der Waals surface area contributed by atoms with Crippen molar-refractivity contribution in [1.29, 1.82) is 0 Å². The number of rotatable bonds is 8. The van der Waals surface area contributed by atoms with Crippen LogP contribution in [0.1, 0.15) is 25.3 Å². The third-order valence-electron chi connectivity index (χ3n) is 8.97. The third-order valence-corrected chi connectivity index (χ3v) is 10.9. The maximum absolute atomic E-state index is 12.9. The molecule has 2 aromatic carbocycles. The summed E-state index contributed by atoms with van der Waals surface area (Å²) in [5, 5.41) is 4.39. The van der Waals surface area contributed by atoms with Crippen LogP contribution in [0.25, 0.3) is 22.2 Å². The molecule has 0 atom stereocenters. The molecule has 12 heteroatoms. The van der Waals surface area contributed by atoms with Crippen molar-refractivity contribution in [1.82, 2.24) is 23.7 Å². The Morgan fingerprint density at radius 3 is 2.50 bits per heavy atom. The predicted molar refractivity (Wildman–Crippen MR) is 178 cm³/mol. The zero-order chi connectivity index (χ0) is 31.0. The van der Waals surface area contributed by atoms with E-state index in [0.29, 0.717) is 39.5 Å². The number of para-hydroxylation sites is 1. The molecule has 4 aromatic rings. The Balaban J connectivity index is 1.25. The van der Waals surface area contributed by atoms with E-state index >= 15 is 0 Å². The minimum atomic E-state index is -3.53. The first kappa shape index (κ1) is 30.6. The first-order chi connectivity index (χ1) is 21.2. The van der Waals surface area contributed by atoms with Crippen LogP contribution in [0.3, 0.4) is 0 Å². The van der Waals surface area contributed by atoms with Crippen LogP contribution in [-0.2, 0) is 10.0 Å². The summed E-state index contributed by atoms with van der Waals surface area (Å²) in [5.41, 5.74) is 4.69. The Labute approximate surface area is 264 Å². The number of nitrogens with zero attached hydrogens (tertiary/aromatic N) is 6. The number of piperazine rings is 1. The largest absolute Gasteiger partial charge is 0.494 e. The molecule has 0 aliphatic carbocycles. The molecule has 2 saturated heterocycles. The van der Waals surface area contributed by atoms with E-state index in [1.165, 1.54) is 15.9 Å². The topological polar surface area (TPSA) is 95.8 Å². The molecule has 44 heavy (non-hydrogen) atoms. The molecule has 0 amide bonds. The van der Waals surface area contributed by atoms with Gasteiger partial charge in [-0.15, -0.1) is 0 Å². The van der Waals surface area contributed by atoms with E-state index < -0.39 is 10.0 Å². The van der Waals surface area contributed by atoms with Crippen molar-refractivity contribution in [2.45, 2.75) is 32.7 Å². The number of hydrogen-bond acceptors (Lipinski definition) is 9. The number of halogens is 1. The molecule has 2 aliphatic heterocycles. The van der Waals surface area contributed by atoms with Gasteiger partial charge in [0.05, 0.1) is 41.0 Å². The van der Waals surface area contributed by atoms with Crippen LogP contribution < -0.4 is 15.0 Å². The Bertz CT molecular complexity index is 1760. The van der Waals surface area contributed by atoms with Gasteiger partial charge in [0.1, 0.15) is 5.75 Å². The number of aromatic nitrogens is 3. The monoisotopic (exact) mass is 637 g/mol. The molecule has 0 radical (unpaired) electrons. The quantitative estimate of drug-likeness (QED) is 0.279. The molecular formula is C32H40ClN7O3S. The summed E-state index contributed by atoms with van der Waals surface area (Å²) in [6.07, 6.45) is 5.43. The highest BCUT2D eigenvalue weighted by molar-refractivity contribution is 7.90. The van der Waals surface area contributed by atoms with Crippen LogP contribution >= 0.6 is 11.6 Å². The number of piperidine rings is 1. The molecule has 0 unspecified atom stereocenters. The molecule has 1 N–H and O–H groups in total. The Morgan fingerprint density at radius 2 is 1.80 bits per heavy atom. The molecule has 2 aromatic heterocycles. The number of hydrogen-bond donors (Lipinski definition) is 1. The summed E-state index contributed by atoms with van der Waals surface area (Å²) >= 11 is 6.60. The summed E-state index contributed by atoms with van der Waals surface area (Å²) in [4.78, 5) is 16.7. The summed E-state index contributed by atoms with van der Waals surface area (Å²) in [7, 11) is 0.334. The van der Waals surface area contributed by atoms with E-state index in [4.69, 9.17) is 21.3 Å². The second-order valence-corrected chi connectivity index (χ2v) is 14.2. The lowest BCUT2D eigenvalue weighted by atomic mass is 10.0. The van der Waals surface area contributed by atoms with E-state index in [1.807, 2.05) is 18.2 Å². The molecule has 4 heterocycles. The van der Waals surface area contributed by atoms with Crippen LogP contribution in [0, 0.1) is 6.92 Å². The number of fused-ring (bicyclic) bond motifs is 1. The lowest BCUT2D eigenvalue weighted by Crippen LogP contribution is -2.52. The Kier molecular flexibility index (Phi) is 8.74. The number of anilines is 3. The number of methoxy groups -OCH3 is 1. The van der Waals surface area contributed by atoms with Crippen LogP contribution in [0.15, 0.2) is 48.8 Å². The summed E-state index contributed by atoms with van der Waals surface area (Å²) in [6, 6.07) is 12.1. The van der Waals surface area contributed by atoms with Crippen LogP contribution in [-0.4, -0.2) is 97.4 Å². The summed E-state index contributed by atoms with van der Waals surface area (Å²) in [6.45, 7) is 10.4. The molecule has 0 bridgehead atoms. The van der Waals surface area contributed by atoms with Crippen molar-refractivity contribution < 1.29 is 13.2 Å².